The lowest BCUT2D eigenvalue weighted by atomic mass is 10.3. The van der Waals surface area contributed by atoms with E-state index in [1.807, 2.05) is 17.5 Å². The third kappa shape index (κ3) is 3.77. The van der Waals surface area contributed by atoms with Crippen LogP contribution in [0, 0.1) is 11.6 Å². The van der Waals surface area contributed by atoms with Crippen LogP contribution in [0.25, 0.3) is 10.7 Å². The molecule has 11 heteroatoms. The van der Waals surface area contributed by atoms with Gasteiger partial charge in [-0.2, -0.15) is 0 Å². The van der Waals surface area contributed by atoms with Crippen molar-refractivity contribution in [3.05, 3.63) is 57.8 Å². The van der Waals surface area contributed by atoms with Crippen molar-refractivity contribution in [3.63, 3.8) is 0 Å². The Hall–Kier alpha value is -2.37. The van der Waals surface area contributed by atoms with Gasteiger partial charge in [0.2, 0.25) is 10.0 Å². The van der Waals surface area contributed by atoms with Gasteiger partial charge >= 0.3 is 5.69 Å². The van der Waals surface area contributed by atoms with Crippen molar-refractivity contribution < 1.29 is 17.2 Å². The molecule has 0 spiro atoms. The van der Waals surface area contributed by atoms with Crippen LogP contribution in [-0.2, 0) is 16.6 Å². The molecule has 0 amide bonds. The molecule has 1 aromatic carbocycles. The van der Waals surface area contributed by atoms with Crippen molar-refractivity contribution in [2.45, 2.75) is 30.3 Å². The summed E-state index contributed by atoms with van der Waals surface area (Å²) in [5, 5.41) is 6.25. The lowest BCUT2D eigenvalue weighted by molar-refractivity contribution is 0.542. The van der Waals surface area contributed by atoms with Crippen molar-refractivity contribution >= 4 is 21.4 Å². The summed E-state index contributed by atoms with van der Waals surface area (Å²) < 4.78 is 56.1. The maximum Gasteiger partial charge on any atom is 0.346 e. The summed E-state index contributed by atoms with van der Waals surface area (Å²) in [6.07, 6.45) is 1.81. The average Bonchev–Trinajstić information content (AvgIpc) is 3.20. The van der Waals surface area contributed by atoms with E-state index in [9.17, 15) is 22.0 Å². The van der Waals surface area contributed by atoms with E-state index in [0.717, 1.165) is 29.9 Å². The fraction of sp³-hybridized carbons (Fsp3) is 0.294. The molecule has 0 bridgehead atoms. The molecule has 2 heterocycles. The molecule has 1 saturated carbocycles. The summed E-state index contributed by atoms with van der Waals surface area (Å²) in [6, 6.07) is 5.91. The summed E-state index contributed by atoms with van der Waals surface area (Å²) in [7, 11) is -4.12. The lowest BCUT2D eigenvalue weighted by Gasteiger charge is -2.07. The molecule has 7 nitrogen and oxygen atoms in total. The van der Waals surface area contributed by atoms with Crippen molar-refractivity contribution in [3.8, 4) is 10.7 Å². The van der Waals surface area contributed by atoms with E-state index in [2.05, 4.69) is 9.82 Å². The van der Waals surface area contributed by atoms with Gasteiger partial charge in [-0.15, -0.1) is 16.4 Å². The highest BCUT2D eigenvalue weighted by Gasteiger charge is 2.30. The molecule has 4 rings (SSSR count). The van der Waals surface area contributed by atoms with Gasteiger partial charge in [0.15, 0.2) is 5.82 Å². The summed E-state index contributed by atoms with van der Waals surface area (Å²) in [5.41, 5.74) is -0.304. The second kappa shape index (κ2) is 7.22. The number of thiophene rings is 1. The molecule has 1 aliphatic rings. The van der Waals surface area contributed by atoms with Crippen LogP contribution < -0.4 is 10.4 Å². The first kappa shape index (κ1) is 19.0. The Labute approximate surface area is 163 Å². The van der Waals surface area contributed by atoms with Crippen LogP contribution in [0.3, 0.4) is 0 Å². The number of sulfonamides is 1. The second-order valence-electron chi connectivity index (χ2n) is 6.41. The maximum atomic E-state index is 13.3. The van der Waals surface area contributed by atoms with Gasteiger partial charge < -0.3 is 0 Å². The topological polar surface area (TPSA) is 86.0 Å². The van der Waals surface area contributed by atoms with E-state index in [1.165, 1.54) is 16.0 Å². The molecule has 0 atom stereocenters. The molecule has 0 saturated heterocycles. The van der Waals surface area contributed by atoms with Crippen LogP contribution >= 0.6 is 11.3 Å². The Kier molecular flexibility index (Phi) is 4.89. The molecule has 28 heavy (non-hydrogen) atoms. The highest BCUT2D eigenvalue weighted by atomic mass is 32.2. The number of nitrogens with zero attached hydrogens (tertiary/aromatic N) is 3. The normalized spacial score (nSPS) is 14.5. The minimum atomic E-state index is -4.12. The van der Waals surface area contributed by atoms with E-state index >= 15 is 0 Å². The molecule has 3 aromatic rings. The number of nitrogens with one attached hydrogen (secondary N) is 1. The molecule has 0 aliphatic heterocycles. The Morgan fingerprint density at radius 3 is 2.54 bits per heavy atom. The zero-order chi connectivity index (χ0) is 19.9. The standard InChI is InChI=1S/C17H16F2N4O3S2/c18-11-8-12(19)10-14(9-11)28(25,26)20-5-6-22-17(24)23(13-3-4-13)16(21-22)15-2-1-7-27-15/h1-2,7-10,13,20H,3-6H2. The molecule has 148 valence electrons. The van der Waals surface area contributed by atoms with E-state index in [4.69, 9.17) is 0 Å². The van der Waals surface area contributed by atoms with Crippen LogP contribution in [-0.4, -0.2) is 29.3 Å². The summed E-state index contributed by atoms with van der Waals surface area (Å²) in [5.74, 6) is -1.40. The fourth-order valence-electron chi connectivity index (χ4n) is 2.85. The largest absolute Gasteiger partial charge is 0.346 e. The molecular formula is C17H16F2N4O3S2. The molecule has 0 radical (unpaired) electrons. The number of aromatic nitrogens is 3. The van der Waals surface area contributed by atoms with E-state index in [-0.39, 0.29) is 24.8 Å². The molecule has 1 N–H and O–H groups in total. The number of hydrogen-bond donors (Lipinski definition) is 1. The molecule has 1 fully saturated rings. The van der Waals surface area contributed by atoms with Gasteiger partial charge in [0.25, 0.3) is 0 Å². The zero-order valence-corrected chi connectivity index (χ0v) is 16.1. The van der Waals surface area contributed by atoms with Crippen molar-refractivity contribution in [1.29, 1.82) is 0 Å². The van der Waals surface area contributed by atoms with Gasteiger partial charge in [-0.25, -0.2) is 31.4 Å². The van der Waals surface area contributed by atoms with E-state index in [1.54, 1.807) is 4.57 Å². The molecular weight excluding hydrogens is 410 g/mol. The molecule has 0 unspecified atom stereocenters. The van der Waals surface area contributed by atoms with Gasteiger partial charge in [0.05, 0.1) is 16.3 Å². The molecule has 1 aliphatic carbocycles. The maximum absolute atomic E-state index is 13.3. The first-order valence-corrected chi connectivity index (χ1v) is 10.9. The molecule has 2 aromatic heterocycles. The third-order valence-electron chi connectivity index (χ3n) is 4.29. The highest BCUT2D eigenvalue weighted by Crippen LogP contribution is 2.37. The van der Waals surface area contributed by atoms with Crippen LogP contribution in [0.15, 0.2) is 45.4 Å². The van der Waals surface area contributed by atoms with Gasteiger partial charge in [0.1, 0.15) is 11.6 Å². The monoisotopic (exact) mass is 426 g/mol. The zero-order valence-electron chi connectivity index (χ0n) is 14.5. The minimum absolute atomic E-state index is 0.00600. The van der Waals surface area contributed by atoms with E-state index in [0.29, 0.717) is 11.9 Å². The van der Waals surface area contributed by atoms with Crippen LogP contribution in [0.1, 0.15) is 18.9 Å². The predicted octanol–water partition coefficient (Wildman–Crippen LogP) is 2.36. The van der Waals surface area contributed by atoms with Crippen molar-refractivity contribution in [1.82, 2.24) is 19.1 Å². The van der Waals surface area contributed by atoms with Crippen LogP contribution in [0.2, 0.25) is 0 Å². The number of halogens is 2. The highest BCUT2D eigenvalue weighted by molar-refractivity contribution is 7.89. The smallest absolute Gasteiger partial charge is 0.271 e. The SMILES string of the molecule is O=c1n(CCNS(=O)(=O)c2cc(F)cc(F)c2)nc(-c2cccs2)n1C1CC1. The first-order valence-electron chi connectivity index (χ1n) is 8.54. The number of rotatable bonds is 7. The van der Waals surface area contributed by atoms with Crippen LogP contribution in [0.4, 0.5) is 8.78 Å². The number of hydrogen-bond acceptors (Lipinski definition) is 5. The van der Waals surface area contributed by atoms with Gasteiger partial charge in [0, 0.05) is 18.7 Å². The fourth-order valence-corrected chi connectivity index (χ4v) is 4.62. The summed E-state index contributed by atoms with van der Waals surface area (Å²) in [6.45, 7) is -0.153. The van der Waals surface area contributed by atoms with E-state index < -0.39 is 26.6 Å². The Bertz CT molecular complexity index is 1150. The lowest BCUT2D eigenvalue weighted by Crippen LogP contribution is -2.32. The van der Waals surface area contributed by atoms with Gasteiger partial charge in [-0.05, 0) is 36.4 Å². The van der Waals surface area contributed by atoms with Gasteiger partial charge in [-0.3, -0.25) is 4.57 Å². The van der Waals surface area contributed by atoms with Crippen molar-refractivity contribution in [2.75, 3.05) is 6.54 Å². The van der Waals surface area contributed by atoms with Crippen LogP contribution in [0.5, 0.6) is 0 Å². The first-order chi connectivity index (χ1) is 13.3. The summed E-state index contributed by atoms with van der Waals surface area (Å²) in [4.78, 5) is 13.0. The predicted molar refractivity (Wildman–Crippen MR) is 99.6 cm³/mol. The number of benzene rings is 1. The Morgan fingerprint density at radius 1 is 1.21 bits per heavy atom. The minimum Gasteiger partial charge on any atom is -0.271 e. The van der Waals surface area contributed by atoms with Gasteiger partial charge in [-0.1, -0.05) is 6.07 Å². The third-order valence-corrected chi connectivity index (χ3v) is 6.59. The van der Waals surface area contributed by atoms with Crippen molar-refractivity contribution in [2.24, 2.45) is 0 Å². The summed E-state index contributed by atoms with van der Waals surface area (Å²) >= 11 is 1.47. The Balaban J connectivity index is 1.53. The second-order valence-corrected chi connectivity index (χ2v) is 9.13. The Morgan fingerprint density at radius 2 is 1.93 bits per heavy atom. The quantitative estimate of drug-likeness (QED) is 0.629. The average molecular weight is 426 g/mol.